The maximum atomic E-state index is 13.2. The lowest BCUT2D eigenvalue weighted by atomic mass is 10.0. The van der Waals surface area contributed by atoms with Crippen LogP contribution in [0.2, 0.25) is 0 Å². The number of aromatic amines is 1. The minimum absolute atomic E-state index is 0.0670. The summed E-state index contributed by atoms with van der Waals surface area (Å²) in [7, 11) is 6.89. The quantitative estimate of drug-likeness (QED) is 0.709. The van der Waals surface area contributed by atoms with Crippen molar-refractivity contribution < 1.29 is 14.6 Å². The van der Waals surface area contributed by atoms with Crippen molar-refractivity contribution in [3.63, 3.8) is 0 Å². The van der Waals surface area contributed by atoms with E-state index < -0.39 is 18.1 Å². The van der Waals surface area contributed by atoms with E-state index in [9.17, 15) is 14.7 Å². The molecule has 7 nitrogen and oxygen atoms in total. The number of benzene rings is 2. The van der Waals surface area contributed by atoms with E-state index in [2.05, 4.69) is 4.98 Å². The van der Waals surface area contributed by atoms with Gasteiger partial charge >= 0.3 is 0 Å². The number of hydrogen-bond donors (Lipinski definition) is 2. The molecule has 0 bridgehead atoms. The van der Waals surface area contributed by atoms with Gasteiger partial charge in [0.05, 0.1) is 19.2 Å². The second kappa shape index (κ2) is 7.74. The molecule has 3 rings (SSSR count). The minimum atomic E-state index is -0.530. The maximum absolute atomic E-state index is 13.2. The number of H-pyrrole nitrogens is 1. The number of pyridine rings is 1. The normalized spacial score (nSPS) is 10.8. The second-order valence-electron chi connectivity index (χ2n) is 6.62. The summed E-state index contributed by atoms with van der Waals surface area (Å²) < 4.78 is 5.14. The molecule has 1 heterocycles. The number of fused-ring (bicyclic) bond motifs is 1. The molecule has 0 atom stereocenters. The van der Waals surface area contributed by atoms with Crippen molar-refractivity contribution in [3.8, 4) is 5.75 Å². The Morgan fingerprint density at radius 2 is 1.79 bits per heavy atom. The number of aromatic nitrogens is 1. The maximum Gasteiger partial charge on any atom is 0.264 e. The third-order valence-corrected chi connectivity index (χ3v) is 4.74. The fourth-order valence-electron chi connectivity index (χ4n) is 3.26. The van der Waals surface area contributed by atoms with E-state index >= 15 is 0 Å². The number of methoxy groups -OCH3 is 1. The van der Waals surface area contributed by atoms with E-state index in [4.69, 9.17) is 4.74 Å². The summed E-state index contributed by atoms with van der Waals surface area (Å²) in [5, 5.41) is 10.7. The molecule has 7 heteroatoms. The molecule has 0 aliphatic rings. The molecule has 0 aliphatic carbocycles. The zero-order valence-electron chi connectivity index (χ0n) is 16.3. The third-order valence-electron chi connectivity index (χ3n) is 4.74. The SMILES string of the molecule is COc1ccc(N(C)C(=O)c2c(CO)c3c(N(C)C)cccc3[nH]c2=O)cc1. The van der Waals surface area contributed by atoms with Crippen molar-refractivity contribution >= 4 is 28.2 Å². The zero-order valence-corrected chi connectivity index (χ0v) is 16.3. The summed E-state index contributed by atoms with van der Waals surface area (Å²) in [5.41, 5.74) is 1.70. The minimum Gasteiger partial charge on any atom is -0.497 e. The van der Waals surface area contributed by atoms with Crippen LogP contribution in [-0.2, 0) is 6.61 Å². The van der Waals surface area contributed by atoms with Gasteiger partial charge in [-0.05, 0) is 36.4 Å². The number of aliphatic hydroxyl groups is 1. The summed E-state index contributed by atoms with van der Waals surface area (Å²) in [5.74, 6) is 0.172. The highest BCUT2D eigenvalue weighted by molar-refractivity contribution is 6.10. The second-order valence-corrected chi connectivity index (χ2v) is 6.62. The van der Waals surface area contributed by atoms with Gasteiger partial charge in [-0.3, -0.25) is 9.59 Å². The Hall–Kier alpha value is -3.32. The van der Waals surface area contributed by atoms with E-state index in [1.807, 2.05) is 31.1 Å². The number of aliphatic hydroxyl groups excluding tert-OH is 1. The molecular weight excluding hydrogens is 358 g/mol. The Morgan fingerprint density at radius 3 is 2.36 bits per heavy atom. The fourth-order valence-corrected chi connectivity index (χ4v) is 3.26. The number of anilines is 2. The van der Waals surface area contributed by atoms with E-state index in [0.717, 1.165) is 5.69 Å². The van der Waals surface area contributed by atoms with E-state index in [1.165, 1.54) is 4.90 Å². The van der Waals surface area contributed by atoms with Gasteiger partial charge in [-0.2, -0.15) is 0 Å². The van der Waals surface area contributed by atoms with Crippen molar-refractivity contribution in [2.24, 2.45) is 0 Å². The van der Waals surface area contributed by atoms with Crippen molar-refractivity contribution in [2.45, 2.75) is 6.61 Å². The Bertz CT molecular complexity index is 1070. The summed E-state index contributed by atoms with van der Waals surface area (Å²) in [6.07, 6.45) is 0. The van der Waals surface area contributed by atoms with Gasteiger partial charge in [0.15, 0.2) is 0 Å². The lowest BCUT2D eigenvalue weighted by Crippen LogP contribution is -2.33. The first-order chi connectivity index (χ1) is 13.4. The molecule has 0 saturated heterocycles. The highest BCUT2D eigenvalue weighted by Gasteiger charge is 2.24. The number of amides is 1. The highest BCUT2D eigenvalue weighted by Crippen LogP contribution is 2.29. The molecule has 0 spiro atoms. The fraction of sp³-hybridized carbons (Fsp3) is 0.238. The topological polar surface area (TPSA) is 85.9 Å². The molecule has 1 amide bonds. The first kappa shape index (κ1) is 19.4. The van der Waals surface area contributed by atoms with Crippen LogP contribution in [0.1, 0.15) is 15.9 Å². The van der Waals surface area contributed by atoms with Crippen LogP contribution in [0.15, 0.2) is 47.3 Å². The highest BCUT2D eigenvalue weighted by atomic mass is 16.5. The monoisotopic (exact) mass is 381 g/mol. The van der Waals surface area contributed by atoms with Crippen LogP contribution in [-0.4, -0.2) is 44.3 Å². The average molecular weight is 381 g/mol. The molecule has 2 N–H and O–H groups in total. The number of carbonyl (C=O) groups is 1. The average Bonchev–Trinajstić information content (AvgIpc) is 2.71. The standard InChI is InChI=1S/C21H23N3O4/c1-23(2)17-7-5-6-16-18(17)15(12-25)19(20(26)22-16)21(27)24(3)13-8-10-14(28-4)11-9-13/h5-11,25H,12H2,1-4H3,(H,22,26). The Labute approximate surface area is 162 Å². The van der Waals surface area contributed by atoms with Crippen LogP contribution in [0.4, 0.5) is 11.4 Å². The first-order valence-corrected chi connectivity index (χ1v) is 8.77. The van der Waals surface area contributed by atoms with Gasteiger partial charge in [0.2, 0.25) is 0 Å². The Balaban J connectivity index is 2.18. The number of carbonyl (C=O) groups excluding carboxylic acids is 1. The third kappa shape index (κ3) is 3.32. The van der Waals surface area contributed by atoms with E-state index in [0.29, 0.717) is 27.9 Å². The summed E-state index contributed by atoms with van der Waals surface area (Å²) in [6, 6.07) is 12.4. The first-order valence-electron chi connectivity index (χ1n) is 8.77. The van der Waals surface area contributed by atoms with Crippen molar-refractivity contribution in [1.29, 1.82) is 0 Å². The number of ether oxygens (including phenoxy) is 1. The van der Waals surface area contributed by atoms with Gasteiger partial charge in [-0.15, -0.1) is 0 Å². The van der Waals surface area contributed by atoms with Crippen LogP contribution in [0.3, 0.4) is 0 Å². The number of rotatable bonds is 5. The smallest absolute Gasteiger partial charge is 0.264 e. The van der Waals surface area contributed by atoms with Gasteiger partial charge in [0, 0.05) is 43.5 Å². The molecule has 2 aromatic carbocycles. The number of nitrogens with one attached hydrogen (secondary N) is 1. The largest absolute Gasteiger partial charge is 0.497 e. The number of nitrogens with zero attached hydrogens (tertiary/aromatic N) is 2. The molecule has 0 saturated carbocycles. The Morgan fingerprint density at radius 1 is 1.11 bits per heavy atom. The predicted molar refractivity (Wildman–Crippen MR) is 111 cm³/mol. The molecule has 0 aliphatic heterocycles. The van der Waals surface area contributed by atoms with Crippen LogP contribution in [0, 0.1) is 0 Å². The van der Waals surface area contributed by atoms with Gasteiger partial charge in [0.1, 0.15) is 11.3 Å². The van der Waals surface area contributed by atoms with Crippen molar-refractivity contribution in [3.05, 3.63) is 63.9 Å². The lowest BCUT2D eigenvalue weighted by molar-refractivity contribution is 0.0988. The number of hydrogen-bond acceptors (Lipinski definition) is 5. The van der Waals surface area contributed by atoms with Crippen molar-refractivity contribution in [1.82, 2.24) is 4.98 Å². The molecule has 0 radical (unpaired) electrons. The molecule has 0 fully saturated rings. The molecule has 146 valence electrons. The van der Waals surface area contributed by atoms with Crippen LogP contribution in [0.25, 0.3) is 10.9 Å². The van der Waals surface area contributed by atoms with Crippen molar-refractivity contribution in [2.75, 3.05) is 38.1 Å². The molecule has 28 heavy (non-hydrogen) atoms. The molecule has 3 aromatic rings. The van der Waals surface area contributed by atoms with E-state index in [-0.39, 0.29) is 5.56 Å². The Kier molecular flexibility index (Phi) is 5.37. The van der Waals surface area contributed by atoms with Gasteiger partial charge in [0.25, 0.3) is 11.5 Å². The van der Waals surface area contributed by atoms with Crippen LogP contribution >= 0.6 is 0 Å². The van der Waals surface area contributed by atoms with Gasteiger partial charge < -0.3 is 24.6 Å². The molecule has 0 unspecified atom stereocenters. The van der Waals surface area contributed by atoms with Crippen LogP contribution in [0.5, 0.6) is 5.75 Å². The lowest BCUT2D eigenvalue weighted by Gasteiger charge is -2.21. The summed E-state index contributed by atoms with van der Waals surface area (Å²) in [6.45, 7) is -0.428. The molecular formula is C21H23N3O4. The van der Waals surface area contributed by atoms with Gasteiger partial charge in [-0.25, -0.2) is 0 Å². The van der Waals surface area contributed by atoms with Crippen LogP contribution < -0.4 is 20.1 Å². The van der Waals surface area contributed by atoms with Gasteiger partial charge in [-0.1, -0.05) is 6.07 Å². The van der Waals surface area contributed by atoms with E-state index in [1.54, 1.807) is 44.5 Å². The summed E-state index contributed by atoms with van der Waals surface area (Å²) in [4.78, 5) is 31.9. The summed E-state index contributed by atoms with van der Waals surface area (Å²) >= 11 is 0. The predicted octanol–water partition coefficient (Wildman–Crippen LogP) is 2.37. The molecule has 1 aromatic heterocycles. The zero-order chi connectivity index (χ0) is 20.4.